The highest BCUT2D eigenvalue weighted by molar-refractivity contribution is 5.42. The molecule has 21 heavy (non-hydrogen) atoms. The molecule has 4 heteroatoms. The molecular formula is C17H28N2O2. The third kappa shape index (κ3) is 4.11. The van der Waals surface area contributed by atoms with Gasteiger partial charge in [-0.25, -0.2) is 0 Å². The van der Waals surface area contributed by atoms with Gasteiger partial charge in [0.15, 0.2) is 0 Å². The fraction of sp³-hybridized carbons (Fsp3) is 0.647. The zero-order chi connectivity index (χ0) is 15.5. The first-order valence-electron chi connectivity index (χ1n) is 7.65. The summed E-state index contributed by atoms with van der Waals surface area (Å²) in [5, 5.41) is 0. The Morgan fingerprint density at radius 2 is 2.05 bits per heavy atom. The minimum absolute atomic E-state index is 0.0658. The van der Waals surface area contributed by atoms with Gasteiger partial charge < -0.3 is 20.1 Å². The maximum atomic E-state index is 6.44. The minimum atomic E-state index is -0.0658. The molecule has 1 fully saturated rings. The van der Waals surface area contributed by atoms with Crippen LogP contribution in [0.3, 0.4) is 0 Å². The molecule has 2 N–H and O–H groups in total. The SMILES string of the molecule is COc1ccc(OC)c(C(N)CN2CCCC(C)(C)C2)c1. The molecule has 1 aliphatic rings. The predicted octanol–water partition coefficient (Wildman–Crippen LogP) is 2.83. The first-order chi connectivity index (χ1) is 9.95. The number of nitrogens with zero attached hydrogens (tertiary/aromatic N) is 1. The summed E-state index contributed by atoms with van der Waals surface area (Å²) in [4.78, 5) is 2.47. The van der Waals surface area contributed by atoms with Crippen LogP contribution in [0.2, 0.25) is 0 Å². The summed E-state index contributed by atoms with van der Waals surface area (Å²) in [6.07, 6.45) is 2.54. The molecule has 0 amide bonds. The molecule has 1 aromatic carbocycles. The third-order valence-corrected chi connectivity index (χ3v) is 4.27. The molecule has 1 saturated heterocycles. The first kappa shape index (κ1) is 16.1. The van der Waals surface area contributed by atoms with Crippen molar-refractivity contribution in [2.45, 2.75) is 32.7 Å². The molecular weight excluding hydrogens is 264 g/mol. The fourth-order valence-corrected chi connectivity index (χ4v) is 3.21. The Morgan fingerprint density at radius 1 is 1.29 bits per heavy atom. The van der Waals surface area contributed by atoms with Crippen LogP contribution in [0.15, 0.2) is 18.2 Å². The van der Waals surface area contributed by atoms with Gasteiger partial charge in [-0.1, -0.05) is 13.8 Å². The maximum absolute atomic E-state index is 6.44. The van der Waals surface area contributed by atoms with Crippen LogP contribution in [0, 0.1) is 5.41 Å². The zero-order valence-corrected chi connectivity index (χ0v) is 13.7. The molecule has 118 valence electrons. The van der Waals surface area contributed by atoms with Gasteiger partial charge in [-0.3, -0.25) is 0 Å². The summed E-state index contributed by atoms with van der Waals surface area (Å²) >= 11 is 0. The van der Waals surface area contributed by atoms with Gasteiger partial charge in [-0.05, 0) is 43.0 Å². The van der Waals surface area contributed by atoms with Crippen molar-refractivity contribution in [3.05, 3.63) is 23.8 Å². The van der Waals surface area contributed by atoms with E-state index in [0.717, 1.165) is 36.7 Å². The second-order valence-electron chi connectivity index (χ2n) is 6.72. The highest BCUT2D eigenvalue weighted by Crippen LogP contribution is 2.32. The summed E-state index contributed by atoms with van der Waals surface area (Å²) in [5.41, 5.74) is 7.84. The number of benzene rings is 1. The number of rotatable bonds is 5. The van der Waals surface area contributed by atoms with Crippen molar-refractivity contribution in [2.24, 2.45) is 11.1 Å². The smallest absolute Gasteiger partial charge is 0.123 e. The Hall–Kier alpha value is -1.26. The average Bonchev–Trinajstić information content (AvgIpc) is 2.45. The van der Waals surface area contributed by atoms with Crippen molar-refractivity contribution < 1.29 is 9.47 Å². The molecule has 1 aliphatic heterocycles. The molecule has 0 aromatic heterocycles. The average molecular weight is 292 g/mol. The molecule has 1 atom stereocenters. The lowest BCUT2D eigenvalue weighted by Gasteiger charge is -2.39. The van der Waals surface area contributed by atoms with E-state index in [0.29, 0.717) is 5.41 Å². The molecule has 0 saturated carbocycles. The number of ether oxygens (including phenoxy) is 2. The van der Waals surface area contributed by atoms with Crippen LogP contribution in [0.4, 0.5) is 0 Å². The van der Waals surface area contributed by atoms with Crippen molar-refractivity contribution in [3.63, 3.8) is 0 Å². The second-order valence-corrected chi connectivity index (χ2v) is 6.72. The molecule has 1 heterocycles. The van der Waals surface area contributed by atoms with Crippen molar-refractivity contribution in [2.75, 3.05) is 33.9 Å². The van der Waals surface area contributed by atoms with Crippen LogP contribution in [-0.4, -0.2) is 38.8 Å². The number of likely N-dealkylation sites (tertiary alicyclic amines) is 1. The zero-order valence-electron chi connectivity index (χ0n) is 13.7. The molecule has 1 aromatic rings. The summed E-state index contributed by atoms with van der Waals surface area (Å²) in [7, 11) is 3.35. The minimum Gasteiger partial charge on any atom is -0.497 e. The standard InChI is InChI=1S/C17H28N2O2/c1-17(2)8-5-9-19(12-17)11-15(18)14-10-13(20-3)6-7-16(14)21-4/h6-7,10,15H,5,8-9,11-12,18H2,1-4H3. The lowest BCUT2D eigenvalue weighted by molar-refractivity contribution is 0.111. The van der Waals surface area contributed by atoms with E-state index in [9.17, 15) is 0 Å². The quantitative estimate of drug-likeness (QED) is 0.906. The van der Waals surface area contributed by atoms with E-state index >= 15 is 0 Å². The Balaban J connectivity index is 2.10. The number of nitrogens with two attached hydrogens (primary N) is 1. The van der Waals surface area contributed by atoms with E-state index in [1.54, 1.807) is 14.2 Å². The third-order valence-electron chi connectivity index (χ3n) is 4.27. The van der Waals surface area contributed by atoms with Crippen LogP contribution in [0.25, 0.3) is 0 Å². The molecule has 0 spiro atoms. The van der Waals surface area contributed by atoms with Gasteiger partial charge >= 0.3 is 0 Å². The van der Waals surface area contributed by atoms with Crippen molar-refractivity contribution in [3.8, 4) is 11.5 Å². The first-order valence-corrected chi connectivity index (χ1v) is 7.65. The monoisotopic (exact) mass is 292 g/mol. The Bertz CT molecular complexity index is 474. The molecule has 0 aliphatic carbocycles. The number of piperidine rings is 1. The largest absolute Gasteiger partial charge is 0.497 e. The highest BCUT2D eigenvalue weighted by atomic mass is 16.5. The van der Waals surface area contributed by atoms with E-state index in [4.69, 9.17) is 15.2 Å². The molecule has 4 nitrogen and oxygen atoms in total. The maximum Gasteiger partial charge on any atom is 0.123 e. The van der Waals surface area contributed by atoms with Crippen LogP contribution in [0.1, 0.15) is 38.3 Å². The molecule has 1 unspecified atom stereocenters. The van der Waals surface area contributed by atoms with Crippen LogP contribution < -0.4 is 15.2 Å². The topological polar surface area (TPSA) is 47.7 Å². The van der Waals surface area contributed by atoms with Crippen molar-refractivity contribution in [1.29, 1.82) is 0 Å². The number of hydrogen-bond donors (Lipinski definition) is 1. The van der Waals surface area contributed by atoms with E-state index in [1.165, 1.54) is 12.8 Å². The van der Waals surface area contributed by atoms with Crippen molar-refractivity contribution in [1.82, 2.24) is 4.90 Å². The summed E-state index contributed by atoms with van der Waals surface area (Å²) in [6, 6.07) is 5.75. The van der Waals surface area contributed by atoms with Crippen molar-refractivity contribution >= 4 is 0 Å². The van der Waals surface area contributed by atoms with Gasteiger partial charge in [-0.15, -0.1) is 0 Å². The molecule has 0 radical (unpaired) electrons. The van der Waals surface area contributed by atoms with E-state index in [1.807, 2.05) is 18.2 Å². The van der Waals surface area contributed by atoms with E-state index < -0.39 is 0 Å². The Kier molecular flexibility index (Phi) is 5.12. The molecule has 2 rings (SSSR count). The van der Waals surface area contributed by atoms with Gasteiger partial charge in [0.25, 0.3) is 0 Å². The Labute approximate surface area is 128 Å². The van der Waals surface area contributed by atoms with Crippen LogP contribution in [0.5, 0.6) is 11.5 Å². The van der Waals surface area contributed by atoms with Crippen LogP contribution in [-0.2, 0) is 0 Å². The normalized spacial score (nSPS) is 20.0. The lowest BCUT2D eigenvalue weighted by atomic mass is 9.84. The fourth-order valence-electron chi connectivity index (χ4n) is 3.21. The van der Waals surface area contributed by atoms with Gasteiger partial charge in [0, 0.05) is 24.7 Å². The van der Waals surface area contributed by atoms with Gasteiger partial charge in [0.05, 0.1) is 14.2 Å². The van der Waals surface area contributed by atoms with E-state index in [2.05, 4.69) is 18.7 Å². The number of methoxy groups -OCH3 is 2. The summed E-state index contributed by atoms with van der Waals surface area (Å²) in [6.45, 7) is 7.75. The highest BCUT2D eigenvalue weighted by Gasteiger charge is 2.27. The van der Waals surface area contributed by atoms with Gasteiger partial charge in [0.2, 0.25) is 0 Å². The number of hydrogen-bond acceptors (Lipinski definition) is 4. The summed E-state index contributed by atoms with van der Waals surface area (Å²) < 4.78 is 10.7. The summed E-state index contributed by atoms with van der Waals surface area (Å²) in [5.74, 6) is 1.65. The Morgan fingerprint density at radius 3 is 2.67 bits per heavy atom. The second kappa shape index (κ2) is 6.67. The van der Waals surface area contributed by atoms with Crippen LogP contribution >= 0.6 is 0 Å². The van der Waals surface area contributed by atoms with Gasteiger partial charge in [0.1, 0.15) is 11.5 Å². The molecule has 0 bridgehead atoms. The van der Waals surface area contributed by atoms with E-state index in [-0.39, 0.29) is 6.04 Å². The predicted molar refractivity (Wildman–Crippen MR) is 85.9 cm³/mol. The lowest BCUT2D eigenvalue weighted by Crippen LogP contribution is -2.43. The van der Waals surface area contributed by atoms with Gasteiger partial charge in [-0.2, -0.15) is 0 Å².